The zero-order valence-corrected chi connectivity index (χ0v) is 17.6. The van der Waals surface area contributed by atoms with Gasteiger partial charge in [-0.1, -0.05) is 30.3 Å². The fourth-order valence-corrected chi connectivity index (χ4v) is 3.53. The minimum Gasteiger partial charge on any atom is -0.368 e. The van der Waals surface area contributed by atoms with Crippen molar-refractivity contribution in [2.24, 2.45) is 0 Å². The van der Waals surface area contributed by atoms with Gasteiger partial charge in [0.1, 0.15) is 5.69 Å². The normalized spacial score (nSPS) is 12.5. The van der Waals surface area contributed by atoms with Gasteiger partial charge in [0.2, 0.25) is 5.91 Å². The third-order valence-electron chi connectivity index (χ3n) is 5.07. The summed E-state index contributed by atoms with van der Waals surface area (Å²) in [5.41, 5.74) is 2.34. The van der Waals surface area contributed by atoms with E-state index in [0.717, 1.165) is 23.0 Å². The lowest BCUT2D eigenvalue weighted by Gasteiger charge is -2.13. The zero-order valence-electron chi connectivity index (χ0n) is 17.6. The minimum absolute atomic E-state index is 0.180. The molecule has 0 aliphatic carbocycles. The number of aromatic nitrogens is 2. The van der Waals surface area contributed by atoms with Crippen molar-refractivity contribution in [2.45, 2.75) is 25.9 Å². The molecule has 9 heteroatoms. The highest BCUT2D eigenvalue weighted by molar-refractivity contribution is 5.88. The summed E-state index contributed by atoms with van der Waals surface area (Å²) in [5.74, 6) is -0.180. The van der Waals surface area contributed by atoms with E-state index in [4.69, 9.17) is 0 Å². The first-order chi connectivity index (χ1) is 15.7. The van der Waals surface area contributed by atoms with Crippen molar-refractivity contribution in [3.63, 3.8) is 0 Å². The predicted molar refractivity (Wildman–Crippen MR) is 120 cm³/mol. The Labute approximate surface area is 187 Å². The number of rotatable bonds is 6. The van der Waals surface area contributed by atoms with Crippen molar-refractivity contribution in [2.75, 3.05) is 10.6 Å². The second-order valence-electron chi connectivity index (χ2n) is 7.56. The summed E-state index contributed by atoms with van der Waals surface area (Å²) < 4.78 is 40.1. The lowest BCUT2D eigenvalue weighted by Crippen LogP contribution is -2.12. The Morgan fingerprint density at radius 2 is 1.64 bits per heavy atom. The molecule has 3 N–H and O–H groups in total. The van der Waals surface area contributed by atoms with Crippen LogP contribution < -0.4 is 10.6 Å². The number of aliphatic hydroxyl groups excluding tert-OH is 1. The third kappa shape index (κ3) is 5.15. The largest absolute Gasteiger partial charge is 0.416 e. The number of hydrogen-bond acceptors (Lipinski definition) is 4. The number of anilines is 2. The Morgan fingerprint density at radius 3 is 2.27 bits per heavy atom. The van der Waals surface area contributed by atoms with Gasteiger partial charge in [0.05, 0.1) is 17.6 Å². The molecule has 1 aromatic heterocycles. The van der Waals surface area contributed by atoms with Crippen molar-refractivity contribution < 1.29 is 23.1 Å². The van der Waals surface area contributed by atoms with Gasteiger partial charge in [0.15, 0.2) is 6.23 Å². The smallest absolute Gasteiger partial charge is 0.368 e. The monoisotopic (exact) mass is 454 g/mol. The van der Waals surface area contributed by atoms with Crippen LogP contribution in [0.4, 0.5) is 24.5 Å². The molecule has 33 heavy (non-hydrogen) atoms. The van der Waals surface area contributed by atoms with Crippen molar-refractivity contribution in [1.29, 1.82) is 0 Å². The SMILES string of the molecule is CC(=O)Nc1ccc(NC(O)c2nn(Cc3ccc(C(F)(F)F)cc3)c3ccccc23)cc1. The highest BCUT2D eigenvalue weighted by atomic mass is 19.4. The summed E-state index contributed by atoms with van der Waals surface area (Å²) in [6.45, 7) is 1.67. The van der Waals surface area contributed by atoms with Gasteiger partial charge in [-0.2, -0.15) is 18.3 Å². The van der Waals surface area contributed by atoms with Gasteiger partial charge in [-0.15, -0.1) is 0 Å². The highest BCUT2D eigenvalue weighted by Gasteiger charge is 2.30. The fourth-order valence-electron chi connectivity index (χ4n) is 3.53. The molecule has 4 aromatic rings. The summed E-state index contributed by atoms with van der Waals surface area (Å²) in [6, 6.07) is 19.1. The number of fused-ring (bicyclic) bond motifs is 1. The molecule has 6 nitrogen and oxygen atoms in total. The maximum atomic E-state index is 12.8. The second kappa shape index (κ2) is 8.95. The molecule has 0 aliphatic rings. The minimum atomic E-state index is -4.39. The van der Waals surface area contributed by atoms with Crippen LogP contribution in [0.3, 0.4) is 0 Å². The molecule has 0 saturated heterocycles. The van der Waals surface area contributed by atoms with E-state index in [1.165, 1.54) is 19.1 Å². The van der Waals surface area contributed by atoms with Crippen LogP contribution in [0.1, 0.15) is 30.0 Å². The molecule has 0 saturated carbocycles. The van der Waals surface area contributed by atoms with E-state index in [-0.39, 0.29) is 12.5 Å². The summed E-state index contributed by atoms with van der Waals surface area (Å²) in [4.78, 5) is 11.2. The van der Waals surface area contributed by atoms with E-state index in [9.17, 15) is 23.1 Å². The van der Waals surface area contributed by atoms with Crippen molar-refractivity contribution in [1.82, 2.24) is 9.78 Å². The number of halogens is 3. The van der Waals surface area contributed by atoms with E-state index in [2.05, 4.69) is 15.7 Å². The van der Waals surface area contributed by atoms with Crippen LogP contribution in [-0.2, 0) is 17.5 Å². The number of carbonyl (C=O) groups is 1. The number of benzene rings is 3. The van der Waals surface area contributed by atoms with Gasteiger partial charge >= 0.3 is 6.18 Å². The Kier molecular flexibility index (Phi) is 6.06. The van der Waals surface area contributed by atoms with Crippen LogP contribution in [0.25, 0.3) is 10.9 Å². The Morgan fingerprint density at radius 1 is 1.00 bits per heavy atom. The number of nitrogens with one attached hydrogen (secondary N) is 2. The van der Waals surface area contributed by atoms with Gasteiger partial charge in [-0.3, -0.25) is 9.48 Å². The molecule has 3 aromatic carbocycles. The average molecular weight is 454 g/mol. The Hall–Kier alpha value is -3.85. The van der Waals surface area contributed by atoms with Crippen molar-refractivity contribution in [3.8, 4) is 0 Å². The van der Waals surface area contributed by atoms with Crippen LogP contribution in [0.2, 0.25) is 0 Å². The van der Waals surface area contributed by atoms with Crippen LogP contribution in [-0.4, -0.2) is 20.8 Å². The summed E-state index contributed by atoms with van der Waals surface area (Å²) in [5, 5.41) is 21.7. The lowest BCUT2D eigenvalue weighted by atomic mass is 10.1. The van der Waals surface area contributed by atoms with Gasteiger partial charge < -0.3 is 15.7 Å². The molecule has 1 unspecified atom stereocenters. The lowest BCUT2D eigenvalue weighted by molar-refractivity contribution is -0.137. The number of nitrogens with zero attached hydrogens (tertiary/aromatic N) is 2. The Bertz CT molecular complexity index is 1270. The summed E-state index contributed by atoms with van der Waals surface area (Å²) in [7, 11) is 0. The fraction of sp³-hybridized carbons (Fsp3) is 0.167. The molecular formula is C24H21F3N4O2. The van der Waals surface area contributed by atoms with Gasteiger partial charge in [0.25, 0.3) is 0 Å². The highest BCUT2D eigenvalue weighted by Crippen LogP contribution is 2.30. The topological polar surface area (TPSA) is 79.2 Å². The van der Waals surface area contributed by atoms with E-state index in [1.807, 2.05) is 24.3 Å². The summed E-state index contributed by atoms with van der Waals surface area (Å²) >= 11 is 0. The number of para-hydroxylation sites is 1. The number of alkyl halides is 3. The predicted octanol–water partition coefficient (Wildman–Crippen LogP) is 5.16. The maximum Gasteiger partial charge on any atom is 0.416 e. The van der Waals surface area contributed by atoms with Gasteiger partial charge in [-0.25, -0.2) is 0 Å². The van der Waals surface area contributed by atoms with E-state index < -0.39 is 18.0 Å². The number of amides is 1. The molecule has 1 amide bonds. The van der Waals surface area contributed by atoms with Crippen molar-refractivity contribution >= 4 is 28.2 Å². The number of hydrogen-bond donors (Lipinski definition) is 3. The van der Waals surface area contributed by atoms with Crippen LogP contribution in [0, 0.1) is 0 Å². The molecule has 170 valence electrons. The third-order valence-corrected chi connectivity index (χ3v) is 5.07. The maximum absolute atomic E-state index is 12.8. The second-order valence-corrected chi connectivity index (χ2v) is 7.56. The molecule has 0 spiro atoms. The van der Waals surface area contributed by atoms with Gasteiger partial charge in [0, 0.05) is 23.7 Å². The molecule has 1 atom stereocenters. The van der Waals surface area contributed by atoms with Crippen LogP contribution >= 0.6 is 0 Å². The number of aliphatic hydroxyl groups is 1. The molecule has 4 rings (SSSR count). The quantitative estimate of drug-likeness (QED) is 0.352. The van der Waals surface area contributed by atoms with E-state index >= 15 is 0 Å². The molecule has 0 radical (unpaired) electrons. The average Bonchev–Trinajstić information content (AvgIpc) is 3.13. The number of carbonyl (C=O) groups excluding carboxylic acids is 1. The van der Waals surface area contributed by atoms with Crippen LogP contribution in [0.15, 0.2) is 72.8 Å². The van der Waals surface area contributed by atoms with E-state index in [0.29, 0.717) is 22.6 Å². The first kappa shape index (κ1) is 22.3. The molecule has 0 fully saturated rings. The van der Waals surface area contributed by atoms with Crippen molar-refractivity contribution in [3.05, 3.63) is 89.6 Å². The zero-order chi connectivity index (χ0) is 23.6. The standard InChI is InChI=1S/C24H21F3N4O2/c1-15(32)28-18-10-12-19(13-11-18)29-23(33)22-20-4-2-3-5-21(20)31(30-22)14-16-6-8-17(9-7-16)24(25,26)27/h2-13,23,29,33H,14H2,1H3,(H,28,32). The van der Waals surface area contributed by atoms with E-state index in [1.54, 1.807) is 28.9 Å². The van der Waals surface area contributed by atoms with Gasteiger partial charge in [-0.05, 0) is 48.0 Å². The first-order valence-corrected chi connectivity index (χ1v) is 10.1. The molecule has 1 heterocycles. The molecule has 0 aliphatic heterocycles. The molecule has 0 bridgehead atoms. The van der Waals surface area contributed by atoms with Crippen LogP contribution in [0.5, 0.6) is 0 Å². The Balaban J connectivity index is 1.57. The summed E-state index contributed by atoms with van der Waals surface area (Å²) in [6.07, 6.45) is -5.52. The molecular weight excluding hydrogens is 433 g/mol. The first-order valence-electron chi connectivity index (χ1n) is 10.1.